The molecule has 3 aromatic rings. The van der Waals surface area contributed by atoms with E-state index in [-0.39, 0.29) is 32.3 Å². The molecule has 0 aliphatic carbocycles. The Bertz CT molecular complexity index is 1450. The maximum atomic E-state index is 13.7. The second-order valence-corrected chi connectivity index (χ2v) is 11.7. The zero-order chi connectivity index (χ0) is 26.5. The molecule has 3 aromatic carbocycles. The molecular formula is C23H9Br4Cl3N2O4. The first kappa shape index (κ1) is 27.8. The number of Topliss-reactive ketones (excluding diaryl/α,β-unsaturated/α-hetero) is 1. The molecule has 13 heteroatoms. The maximum absolute atomic E-state index is 13.7. The molecule has 0 atom stereocenters. The summed E-state index contributed by atoms with van der Waals surface area (Å²) in [5.41, 5.74) is 0.0699. The van der Waals surface area contributed by atoms with Crippen molar-refractivity contribution in [3.63, 3.8) is 0 Å². The number of fused-ring (bicyclic) bond motifs is 1. The molecule has 3 amide bonds. The van der Waals surface area contributed by atoms with E-state index >= 15 is 0 Å². The number of imide groups is 1. The molecule has 0 spiro atoms. The summed E-state index contributed by atoms with van der Waals surface area (Å²) in [7, 11) is 0. The summed E-state index contributed by atoms with van der Waals surface area (Å²) in [6, 6.07) is 10.3. The number of carbonyl (C=O) groups excluding carboxylic acids is 4. The third kappa shape index (κ3) is 4.81. The first-order chi connectivity index (χ1) is 17.0. The molecule has 0 unspecified atom stereocenters. The normalized spacial score (nSPS) is 12.7. The Morgan fingerprint density at radius 3 is 1.83 bits per heavy atom. The SMILES string of the molecule is O=C(CN(C(=O)c1ccccc1Cl)N1C(=O)c2c(Br)c(Br)c(Br)c(Br)c2C1=O)c1ccc(Cl)cc1Cl. The van der Waals surface area contributed by atoms with Crippen molar-refractivity contribution < 1.29 is 19.2 Å². The molecule has 0 bridgehead atoms. The minimum absolute atomic E-state index is 0.00813. The number of amides is 3. The predicted octanol–water partition coefficient (Wildman–Crippen LogP) is 8.23. The Kier molecular flexibility index (Phi) is 8.36. The lowest BCUT2D eigenvalue weighted by atomic mass is 10.1. The molecule has 36 heavy (non-hydrogen) atoms. The van der Waals surface area contributed by atoms with E-state index in [1.165, 1.54) is 30.3 Å². The monoisotopic (exact) mass is 798 g/mol. The van der Waals surface area contributed by atoms with E-state index in [0.29, 0.717) is 27.9 Å². The Labute approximate surface area is 253 Å². The fraction of sp³-hybridized carbons (Fsp3) is 0.0435. The minimum atomic E-state index is -0.834. The van der Waals surface area contributed by atoms with Gasteiger partial charge in [0.2, 0.25) is 0 Å². The molecule has 1 aliphatic heterocycles. The van der Waals surface area contributed by atoms with Gasteiger partial charge < -0.3 is 0 Å². The topological polar surface area (TPSA) is 74.8 Å². The van der Waals surface area contributed by atoms with Crippen LogP contribution >= 0.6 is 98.5 Å². The minimum Gasteiger partial charge on any atom is -0.292 e. The van der Waals surface area contributed by atoms with Gasteiger partial charge >= 0.3 is 0 Å². The molecule has 184 valence electrons. The third-order valence-electron chi connectivity index (χ3n) is 5.18. The molecule has 1 aliphatic rings. The summed E-state index contributed by atoms with van der Waals surface area (Å²) in [5.74, 6) is -3.09. The summed E-state index contributed by atoms with van der Waals surface area (Å²) in [6.45, 7) is -0.686. The van der Waals surface area contributed by atoms with Gasteiger partial charge in [-0.3, -0.25) is 19.2 Å². The van der Waals surface area contributed by atoms with Crippen LogP contribution in [0.3, 0.4) is 0 Å². The fourth-order valence-electron chi connectivity index (χ4n) is 3.50. The standard InChI is InChI=1S/C23H9Br4Cl3N2O4/c24-17-15-16(18(25)20(27)19(17)26)23(36)32(22(15)35)31(21(34)11-3-1-2-4-12(11)29)8-14(33)10-6-5-9(28)7-13(10)30/h1-7H,8H2. The molecule has 0 N–H and O–H groups in total. The number of hydrazine groups is 1. The van der Waals surface area contributed by atoms with E-state index in [1.807, 2.05) is 0 Å². The second kappa shape index (κ2) is 10.8. The molecule has 0 saturated heterocycles. The first-order valence-corrected chi connectivity index (χ1v) is 14.1. The highest BCUT2D eigenvalue weighted by molar-refractivity contribution is 9.15. The zero-order valence-electron chi connectivity index (χ0n) is 17.4. The van der Waals surface area contributed by atoms with Crippen LogP contribution in [0.5, 0.6) is 0 Å². The predicted molar refractivity (Wildman–Crippen MR) is 151 cm³/mol. The van der Waals surface area contributed by atoms with Crippen molar-refractivity contribution in [2.45, 2.75) is 0 Å². The van der Waals surface area contributed by atoms with E-state index in [0.717, 1.165) is 5.01 Å². The lowest BCUT2D eigenvalue weighted by molar-refractivity contribution is 0.00527. The van der Waals surface area contributed by atoms with Crippen molar-refractivity contribution in [1.82, 2.24) is 10.0 Å². The van der Waals surface area contributed by atoms with Crippen LogP contribution in [0.2, 0.25) is 15.1 Å². The zero-order valence-corrected chi connectivity index (χ0v) is 26.0. The molecule has 0 aromatic heterocycles. The van der Waals surface area contributed by atoms with Gasteiger partial charge in [-0.1, -0.05) is 46.9 Å². The van der Waals surface area contributed by atoms with Crippen molar-refractivity contribution in [2.75, 3.05) is 6.54 Å². The number of benzene rings is 3. The summed E-state index contributed by atoms with van der Waals surface area (Å²) < 4.78 is 1.55. The number of ketones is 1. The summed E-state index contributed by atoms with van der Waals surface area (Å²) in [5, 5.41) is 1.84. The molecule has 0 fully saturated rings. The van der Waals surface area contributed by atoms with E-state index in [4.69, 9.17) is 34.8 Å². The molecular weight excluding hydrogens is 794 g/mol. The molecule has 0 radical (unpaired) electrons. The van der Waals surface area contributed by atoms with Gasteiger partial charge in [0.05, 0.1) is 26.7 Å². The number of nitrogens with zero attached hydrogens (tertiary/aromatic N) is 2. The van der Waals surface area contributed by atoms with Gasteiger partial charge in [-0.25, -0.2) is 5.01 Å². The summed E-state index contributed by atoms with van der Waals surface area (Å²) in [4.78, 5) is 54.1. The van der Waals surface area contributed by atoms with Crippen LogP contribution in [0.4, 0.5) is 0 Å². The Hall–Kier alpha value is -1.27. The maximum Gasteiger partial charge on any atom is 0.282 e. The average Bonchev–Trinajstić information content (AvgIpc) is 3.09. The van der Waals surface area contributed by atoms with Crippen LogP contribution in [-0.2, 0) is 0 Å². The van der Waals surface area contributed by atoms with Gasteiger partial charge in [0.25, 0.3) is 17.7 Å². The smallest absolute Gasteiger partial charge is 0.282 e. The number of rotatable bonds is 5. The van der Waals surface area contributed by atoms with Gasteiger partial charge in [0, 0.05) is 28.5 Å². The van der Waals surface area contributed by atoms with Crippen LogP contribution < -0.4 is 0 Å². The largest absolute Gasteiger partial charge is 0.292 e. The second-order valence-electron chi connectivity index (χ2n) is 7.32. The summed E-state index contributed by atoms with van der Waals surface area (Å²) in [6.07, 6.45) is 0. The van der Waals surface area contributed by atoms with Gasteiger partial charge in [0.1, 0.15) is 6.54 Å². The fourth-order valence-corrected chi connectivity index (χ4v) is 6.69. The van der Waals surface area contributed by atoms with E-state index < -0.39 is 30.0 Å². The van der Waals surface area contributed by atoms with Crippen LogP contribution in [0.15, 0.2) is 60.4 Å². The van der Waals surface area contributed by atoms with Crippen molar-refractivity contribution >= 4 is 122 Å². The van der Waals surface area contributed by atoms with E-state index in [1.54, 1.807) is 12.1 Å². The van der Waals surface area contributed by atoms with Gasteiger partial charge in [0.15, 0.2) is 5.78 Å². The highest BCUT2D eigenvalue weighted by atomic mass is 79.9. The van der Waals surface area contributed by atoms with Crippen LogP contribution in [0, 0.1) is 0 Å². The Balaban J connectivity index is 1.85. The third-order valence-corrected chi connectivity index (χ3v) is 10.8. The number of halogens is 7. The van der Waals surface area contributed by atoms with Crippen molar-refractivity contribution in [3.05, 3.63) is 97.7 Å². The first-order valence-electron chi connectivity index (χ1n) is 9.75. The van der Waals surface area contributed by atoms with Crippen molar-refractivity contribution in [3.8, 4) is 0 Å². The summed E-state index contributed by atoms with van der Waals surface area (Å²) >= 11 is 31.8. The highest BCUT2D eigenvalue weighted by Gasteiger charge is 2.46. The lowest BCUT2D eigenvalue weighted by Crippen LogP contribution is -2.51. The van der Waals surface area contributed by atoms with E-state index in [2.05, 4.69) is 63.7 Å². The number of carbonyl (C=O) groups is 4. The Morgan fingerprint density at radius 1 is 0.750 bits per heavy atom. The van der Waals surface area contributed by atoms with Crippen molar-refractivity contribution in [2.24, 2.45) is 0 Å². The van der Waals surface area contributed by atoms with Gasteiger partial charge in [-0.2, -0.15) is 5.01 Å². The Morgan fingerprint density at radius 2 is 1.31 bits per heavy atom. The molecule has 6 nitrogen and oxygen atoms in total. The van der Waals surface area contributed by atoms with Gasteiger partial charge in [-0.05, 0) is 94.1 Å². The lowest BCUT2D eigenvalue weighted by Gasteiger charge is -2.30. The molecule has 4 rings (SSSR count). The average molecular weight is 803 g/mol. The number of hydrogen-bond donors (Lipinski definition) is 0. The van der Waals surface area contributed by atoms with Crippen molar-refractivity contribution in [1.29, 1.82) is 0 Å². The highest BCUT2D eigenvalue weighted by Crippen LogP contribution is 2.45. The van der Waals surface area contributed by atoms with Crippen LogP contribution in [0.1, 0.15) is 41.4 Å². The quantitative estimate of drug-likeness (QED) is 0.113. The molecule has 0 saturated carbocycles. The van der Waals surface area contributed by atoms with E-state index in [9.17, 15) is 19.2 Å². The van der Waals surface area contributed by atoms with Crippen LogP contribution in [0.25, 0.3) is 0 Å². The number of hydrogen-bond acceptors (Lipinski definition) is 4. The molecule has 1 heterocycles. The van der Waals surface area contributed by atoms with Crippen LogP contribution in [-0.4, -0.2) is 40.1 Å². The van der Waals surface area contributed by atoms with Gasteiger partial charge in [-0.15, -0.1) is 0 Å².